The van der Waals surface area contributed by atoms with E-state index in [1.807, 2.05) is 41.3 Å². The van der Waals surface area contributed by atoms with Gasteiger partial charge in [-0.15, -0.1) is 0 Å². The summed E-state index contributed by atoms with van der Waals surface area (Å²) in [6, 6.07) is 16.4. The molecule has 26 heavy (non-hydrogen) atoms. The fourth-order valence-corrected chi connectivity index (χ4v) is 2.65. The smallest absolute Gasteiger partial charge is 0.185 e. The first-order chi connectivity index (χ1) is 12.7. The predicted octanol–water partition coefficient (Wildman–Crippen LogP) is 3.41. The quantitative estimate of drug-likeness (QED) is 0.403. The maximum atomic E-state index is 12.2. The van der Waals surface area contributed by atoms with Crippen molar-refractivity contribution in [1.82, 2.24) is 4.90 Å². The Bertz CT molecular complexity index is 749. The summed E-state index contributed by atoms with van der Waals surface area (Å²) < 4.78 is 0. The number of allylic oxidation sites excluding steroid dienone is 3. The van der Waals surface area contributed by atoms with Crippen LogP contribution in [0.15, 0.2) is 72.8 Å². The predicted molar refractivity (Wildman–Crippen MR) is 105 cm³/mol. The van der Waals surface area contributed by atoms with E-state index in [0.29, 0.717) is 23.7 Å². The fourth-order valence-electron chi connectivity index (χ4n) is 2.52. The van der Waals surface area contributed by atoms with E-state index in [1.165, 1.54) is 6.08 Å². The average Bonchev–Trinajstić information content (AvgIpc) is 2.66. The minimum Gasteiger partial charge on any atom is -0.395 e. The highest BCUT2D eigenvalue weighted by Crippen LogP contribution is 2.19. The highest BCUT2D eigenvalue weighted by molar-refractivity contribution is 6.30. The molecule has 0 unspecified atom stereocenters. The van der Waals surface area contributed by atoms with Crippen LogP contribution in [0.25, 0.3) is 5.70 Å². The van der Waals surface area contributed by atoms with Gasteiger partial charge in [-0.3, -0.25) is 4.79 Å². The molecule has 2 aromatic carbocycles. The van der Waals surface area contributed by atoms with E-state index in [0.717, 1.165) is 11.3 Å². The van der Waals surface area contributed by atoms with Crippen molar-refractivity contribution in [2.24, 2.45) is 0 Å². The molecule has 5 heteroatoms. The van der Waals surface area contributed by atoms with Crippen molar-refractivity contribution < 1.29 is 15.0 Å². The molecule has 0 radical (unpaired) electrons. The number of nitrogens with zero attached hydrogens (tertiary/aromatic N) is 1. The zero-order valence-corrected chi connectivity index (χ0v) is 15.1. The molecular weight excluding hydrogens is 350 g/mol. The van der Waals surface area contributed by atoms with Crippen LogP contribution in [0.5, 0.6) is 0 Å². The Kier molecular flexibility index (Phi) is 8.09. The molecule has 0 aliphatic rings. The third kappa shape index (κ3) is 5.85. The lowest BCUT2D eigenvalue weighted by atomic mass is 10.1. The summed E-state index contributed by atoms with van der Waals surface area (Å²) in [5, 5.41) is 19.2. The van der Waals surface area contributed by atoms with E-state index in [2.05, 4.69) is 0 Å². The van der Waals surface area contributed by atoms with Crippen molar-refractivity contribution in [1.29, 1.82) is 0 Å². The maximum absolute atomic E-state index is 12.2. The Morgan fingerprint density at radius 3 is 2.12 bits per heavy atom. The van der Waals surface area contributed by atoms with Gasteiger partial charge < -0.3 is 15.1 Å². The van der Waals surface area contributed by atoms with Gasteiger partial charge in [-0.1, -0.05) is 48.0 Å². The van der Waals surface area contributed by atoms with E-state index in [9.17, 15) is 15.0 Å². The molecule has 0 amide bonds. The molecule has 0 saturated carbocycles. The van der Waals surface area contributed by atoms with Crippen LogP contribution >= 0.6 is 11.6 Å². The lowest BCUT2D eigenvalue weighted by molar-refractivity contribution is 0.104. The van der Waals surface area contributed by atoms with E-state index in [1.54, 1.807) is 30.3 Å². The number of carbonyl (C=O) groups excluding carboxylic acids is 1. The van der Waals surface area contributed by atoms with Gasteiger partial charge in [0.15, 0.2) is 5.78 Å². The molecule has 2 rings (SSSR count). The molecule has 0 aliphatic heterocycles. The monoisotopic (exact) mass is 371 g/mol. The molecule has 0 saturated heterocycles. The average molecular weight is 372 g/mol. The normalized spacial score (nSPS) is 11.7. The summed E-state index contributed by atoms with van der Waals surface area (Å²) in [6.45, 7) is 0.718. The van der Waals surface area contributed by atoms with Crippen LogP contribution in [0.1, 0.15) is 15.9 Å². The van der Waals surface area contributed by atoms with Crippen LogP contribution in [0.3, 0.4) is 0 Å². The van der Waals surface area contributed by atoms with E-state index >= 15 is 0 Å². The summed E-state index contributed by atoms with van der Waals surface area (Å²) in [5.41, 5.74) is 2.33. The fraction of sp³-hybridized carbons (Fsp3) is 0.190. The van der Waals surface area contributed by atoms with Gasteiger partial charge in [0, 0.05) is 29.4 Å². The number of hydrogen-bond acceptors (Lipinski definition) is 4. The highest BCUT2D eigenvalue weighted by Gasteiger charge is 2.10. The zero-order chi connectivity index (χ0) is 18.8. The Morgan fingerprint density at radius 1 is 0.923 bits per heavy atom. The van der Waals surface area contributed by atoms with Crippen molar-refractivity contribution in [2.75, 3.05) is 26.3 Å². The summed E-state index contributed by atoms with van der Waals surface area (Å²) in [5.74, 6) is -0.124. The molecule has 0 aromatic heterocycles. The molecule has 0 fully saturated rings. The van der Waals surface area contributed by atoms with Crippen molar-refractivity contribution in [3.63, 3.8) is 0 Å². The van der Waals surface area contributed by atoms with E-state index < -0.39 is 0 Å². The summed E-state index contributed by atoms with van der Waals surface area (Å²) in [4.78, 5) is 14.1. The second-order valence-corrected chi connectivity index (χ2v) is 6.02. The van der Waals surface area contributed by atoms with Gasteiger partial charge in [0.2, 0.25) is 0 Å². The maximum Gasteiger partial charge on any atom is 0.185 e. The zero-order valence-electron chi connectivity index (χ0n) is 14.4. The summed E-state index contributed by atoms with van der Waals surface area (Å²) in [6.07, 6.45) is 4.98. The number of aliphatic hydroxyl groups excluding tert-OH is 2. The Balaban J connectivity index is 2.26. The topological polar surface area (TPSA) is 60.8 Å². The van der Waals surface area contributed by atoms with Gasteiger partial charge in [0.1, 0.15) is 0 Å². The number of halogens is 1. The molecule has 2 aromatic rings. The van der Waals surface area contributed by atoms with Crippen LogP contribution in [-0.2, 0) is 0 Å². The molecule has 4 nitrogen and oxygen atoms in total. The molecule has 0 atom stereocenters. The number of rotatable bonds is 9. The highest BCUT2D eigenvalue weighted by atomic mass is 35.5. The summed E-state index contributed by atoms with van der Waals surface area (Å²) in [7, 11) is 0. The molecule has 0 bridgehead atoms. The molecule has 0 heterocycles. The van der Waals surface area contributed by atoms with Gasteiger partial charge in [0.05, 0.1) is 13.2 Å². The first kappa shape index (κ1) is 19.9. The van der Waals surface area contributed by atoms with Crippen LogP contribution < -0.4 is 0 Å². The number of ketones is 1. The third-order valence-corrected chi connectivity index (χ3v) is 4.03. The summed E-state index contributed by atoms with van der Waals surface area (Å²) >= 11 is 5.84. The number of carbonyl (C=O) groups is 1. The second kappa shape index (κ2) is 10.6. The van der Waals surface area contributed by atoms with Crippen molar-refractivity contribution in [2.45, 2.75) is 0 Å². The van der Waals surface area contributed by atoms with E-state index in [-0.39, 0.29) is 19.0 Å². The standard InChI is InChI=1S/C21H22ClNO3/c22-19-11-9-18(10-12-19)21(26)8-4-7-20(17-5-2-1-3-6-17)23(13-15-24)14-16-25/h1-12,24-25H,13-16H2/b8-4+,20-7+. The number of aliphatic hydroxyl groups is 2. The lowest BCUT2D eigenvalue weighted by Crippen LogP contribution is -2.28. The van der Waals surface area contributed by atoms with Crippen molar-refractivity contribution in [3.05, 3.63) is 89.0 Å². The van der Waals surface area contributed by atoms with Crippen molar-refractivity contribution in [3.8, 4) is 0 Å². The van der Waals surface area contributed by atoms with Crippen LogP contribution in [0, 0.1) is 0 Å². The lowest BCUT2D eigenvalue weighted by Gasteiger charge is -2.26. The van der Waals surface area contributed by atoms with Crippen molar-refractivity contribution >= 4 is 23.1 Å². The number of hydrogen-bond donors (Lipinski definition) is 2. The van der Waals surface area contributed by atoms with Gasteiger partial charge in [-0.2, -0.15) is 0 Å². The molecule has 0 spiro atoms. The molecular formula is C21H22ClNO3. The Hall–Kier alpha value is -2.40. The minimum absolute atomic E-state index is 0.0302. The van der Waals surface area contributed by atoms with Crippen LogP contribution in [0.2, 0.25) is 5.02 Å². The van der Waals surface area contributed by atoms with Gasteiger partial charge in [0.25, 0.3) is 0 Å². The first-order valence-electron chi connectivity index (χ1n) is 8.36. The van der Waals surface area contributed by atoms with E-state index in [4.69, 9.17) is 11.6 Å². The SMILES string of the molecule is O=C(/C=C/C=C(\c1ccccc1)N(CCO)CCO)c1ccc(Cl)cc1. The number of benzene rings is 2. The largest absolute Gasteiger partial charge is 0.395 e. The molecule has 136 valence electrons. The van der Waals surface area contributed by atoms with Crippen LogP contribution in [-0.4, -0.2) is 47.2 Å². The molecule has 0 aliphatic carbocycles. The molecule has 2 N–H and O–H groups in total. The first-order valence-corrected chi connectivity index (χ1v) is 8.74. The Morgan fingerprint density at radius 2 is 1.54 bits per heavy atom. The van der Waals surface area contributed by atoms with Gasteiger partial charge in [-0.05, 0) is 42.0 Å². The minimum atomic E-state index is -0.124. The Labute approximate surface area is 158 Å². The van der Waals surface area contributed by atoms with Gasteiger partial charge in [-0.25, -0.2) is 0 Å². The third-order valence-electron chi connectivity index (χ3n) is 3.78. The van der Waals surface area contributed by atoms with Crippen LogP contribution in [0.4, 0.5) is 0 Å². The van der Waals surface area contributed by atoms with Gasteiger partial charge >= 0.3 is 0 Å². The second-order valence-electron chi connectivity index (χ2n) is 5.58.